The van der Waals surface area contributed by atoms with Crippen molar-refractivity contribution in [2.24, 2.45) is 0 Å². The van der Waals surface area contributed by atoms with Crippen LogP contribution in [0.3, 0.4) is 0 Å². The van der Waals surface area contributed by atoms with Crippen molar-refractivity contribution in [2.75, 3.05) is 0 Å². The van der Waals surface area contributed by atoms with E-state index in [-0.39, 0.29) is 24.3 Å². The third-order valence-electron chi connectivity index (χ3n) is 4.30. The first kappa shape index (κ1) is 20.1. The molecule has 0 unspecified atom stereocenters. The van der Waals surface area contributed by atoms with E-state index in [9.17, 15) is 9.59 Å². The lowest BCUT2D eigenvalue weighted by Crippen LogP contribution is -2.27. The lowest BCUT2D eigenvalue weighted by Gasteiger charge is -2.12. The molecule has 148 valence electrons. The molecular formula is C21H24N2O4S. The van der Waals surface area contributed by atoms with Gasteiger partial charge in [-0.2, -0.15) is 0 Å². The van der Waals surface area contributed by atoms with Gasteiger partial charge in [0.1, 0.15) is 17.1 Å². The van der Waals surface area contributed by atoms with Crippen molar-refractivity contribution in [1.82, 2.24) is 9.55 Å². The van der Waals surface area contributed by atoms with Crippen LogP contribution in [-0.2, 0) is 16.1 Å². The highest BCUT2D eigenvalue weighted by atomic mass is 32.1. The average molecular weight is 401 g/mol. The van der Waals surface area contributed by atoms with Gasteiger partial charge in [0.15, 0.2) is 0 Å². The molecule has 7 heteroatoms. The number of carbonyl (C=O) groups is 1. The van der Waals surface area contributed by atoms with E-state index in [4.69, 9.17) is 9.47 Å². The molecule has 0 saturated heterocycles. The number of hydrogen-bond donors (Lipinski definition) is 0. The number of fused-ring (bicyclic) bond motifs is 1. The molecule has 0 amide bonds. The molecule has 1 atom stereocenters. The Bertz CT molecular complexity index is 1020. The van der Waals surface area contributed by atoms with Gasteiger partial charge in [-0.1, -0.05) is 19.1 Å². The van der Waals surface area contributed by atoms with E-state index in [1.807, 2.05) is 57.3 Å². The molecule has 0 aliphatic heterocycles. The molecule has 0 saturated carbocycles. The first-order valence-electron chi connectivity index (χ1n) is 9.32. The Hall–Kier alpha value is -2.67. The number of aromatic nitrogens is 2. The van der Waals surface area contributed by atoms with E-state index < -0.39 is 5.97 Å². The molecule has 0 aliphatic carbocycles. The fourth-order valence-electron chi connectivity index (χ4n) is 2.76. The van der Waals surface area contributed by atoms with Crippen LogP contribution in [0.15, 0.2) is 40.8 Å². The zero-order valence-electron chi connectivity index (χ0n) is 16.5. The largest absolute Gasteiger partial charge is 0.491 e. The number of ether oxygens (including phenoxy) is 2. The van der Waals surface area contributed by atoms with Gasteiger partial charge in [-0.15, -0.1) is 11.3 Å². The van der Waals surface area contributed by atoms with Gasteiger partial charge in [-0.3, -0.25) is 14.2 Å². The lowest BCUT2D eigenvalue weighted by atomic mass is 10.1. The highest BCUT2D eigenvalue weighted by molar-refractivity contribution is 7.17. The van der Waals surface area contributed by atoms with Gasteiger partial charge in [0.2, 0.25) is 0 Å². The van der Waals surface area contributed by atoms with Crippen molar-refractivity contribution < 1.29 is 14.3 Å². The molecule has 0 aliphatic rings. The summed E-state index contributed by atoms with van der Waals surface area (Å²) >= 11 is 1.41. The van der Waals surface area contributed by atoms with Crippen LogP contribution in [0.4, 0.5) is 0 Å². The van der Waals surface area contributed by atoms with Crippen LogP contribution in [0.1, 0.15) is 34.1 Å². The van der Waals surface area contributed by atoms with Crippen molar-refractivity contribution in [2.45, 2.75) is 52.9 Å². The summed E-state index contributed by atoms with van der Waals surface area (Å²) in [6.45, 7) is 7.56. The van der Waals surface area contributed by atoms with Gasteiger partial charge in [-0.25, -0.2) is 4.98 Å². The SMILES string of the molecule is CC[C@H](C)OC(=O)Cn1cnc2scc(-c3ccc(OC(C)C)cc3)c2c1=O. The maximum atomic E-state index is 13.0. The van der Waals surface area contributed by atoms with Crippen LogP contribution in [0, 0.1) is 0 Å². The van der Waals surface area contributed by atoms with Crippen LogP contribution >= 0.6 is 11.3 Å². The van der Waals surface area contributed by atoms with Crippen molar-refractivity contribution in [1.29, 1.82) is 0 Å². The minimum Gasteiger partial charge on any atom is -0.491 e. The standard InChI is InChI=1S/C21H24N2O4S/c1-5-14(4)27-18(24)10-23-12-22-20-19(21(23)25)17(11-28-20)15-6-8-16(9-7-15)26-13(2)3/h6-9,11-14H,5,10H2,1-4H3/t14-/m0/s1. The van der Waals surface area contributed by atoms with E-state index in [1.165, 1.54) is 22.2 Å². The number of rotatable bonds is 7. The Labute approximate surface area is 167 Å². The normalized spacial score (nSPS) is 12.3. The van der Waals surface area contributed by atoms with Gasteiger partial charge in [0, 0.05) is 10.9 Å². The number of thiophene rings is 1. The second-order valence-corrected chi connectivity index (χ2v) is 7.76. The van der Waals surface area contributed by atoms with Crippen molar-refractivity contribution in [3.8, 4) is 16.9 Å². The van der Waals surface area contributed by atoms with E-state index in [0.717, 1.165) is 23.3 Å². The third kappa shape index (κ3) is 4.42. The molecule has 0 fully saturated rings. The van der Waals surface area contributed by atoms with E-state index in [1.54, 1.807) is 0 Å². The number of esters is 1. The summed E-state index contributed by atoms with van der Waals surface area (Å²) in [5.41, 5.74) is 1.46. The average Bonchev–Trinajstić information content (AvgIpc) is 3.09. The third-order valence-corrected chi connectivity index (χ3v) is 5.19. The first-order valence-corrected chi connectivity index (χ1v) is 10.2. The monoisotopic (exact) mass is 400 g/mol. The van der Waals surface area contributed by atoms with Gasteiger partial charge >= 0.3 is 5.97 Å². The van der Waals surface area contributed by atoms with Gasteiger partial charge in [-0.05, 0) is 44.9 Å². The fraction of sp³-hybridized carbons (Fsp3) is 0.381. The van der Waals surface area contributed by atoms with Crippen LogP contribution in [0.5, 0.6) is 5.75 Å². The Kier molecular flexibility index (Phi) is 6.14. The fourth-order valence-corrected chi connectivity index (χ4v) is 3.67. The highest BCUT2D eigenvalue weighted by Gasteiger charge is 2.16. The van der Waals surface area contributed by atoms with Crippen LogP contribution in [0.2, 0.25) is 0 Å². The Morgan fingerprint density at radius 1 is 1.21 bits per heavy atom. The van der Waals surface area contributed by atoms with Crippen LogP contribution < -0.4 is 10.3 Å². The summed E-state index contributed by atoms with van der Waals surface area (Å²) in [7, 11) is 0. The van der Waals surface area contributed by atoms with Crippen molar-refractivity contribution >= 4 is 27.5 Å². The topological polar surface area (TPSA) is 70.4 Å². The van der Waals surface area contributed by atoms with Crippen molar-refractivity contribution in [3.05, 3.63) is 46.3 Å². The van der Waals surface area contributed by atoms with E-state index in [0.29, 0.717) is 10.2 Å². The van der Waals surface area contributed by atoms with E-state index >= 15 is 0 Å². The zero-order chi connectivity index (χ0) is 20.3. The molecule has 2 aromatic heterocycles. The van der Waals surface area contributed by atoms with Gasteiger partial charge in [0.05, 0.1) is 23.9 Å². The summed E-state index contributed by atoms with van der Waals surface area (Å²) in [5.74, 6) is 0.339. The maximum Gasteiger partial charge on any atom is 0.326 e. The predicted molar refractivity (Wildman–Crippen MR) is 111 cm³/mol. The Morgan fingerprint density at radius 3 is 2.57 bits per heavy atom. The molecule has 2 heterocycles. The summed E-state index contributed by atoms with van der Waals surface area (Å²) < 4.78 is 12.3. The number of nitrogens with zero attached hydrogens (tertiary/aromatic N) is 2. The Balaban J connectivity index is 1.93. The molecule has 0 bridgehead atoms. The molecule has 1 aromatic carbocycles. The zero-order valence-corrected chi connectivity index (χ0v) is 17.3. The molecular weight excluding hydrogens is 376 g/mol. The number of benzene rings is 1. The molecule has 0 radical (unpaired) electrons. The molecule has 28 heavy (non-hydrogen) atoms. The summed E-state index contributed by atoms with van der Waals surface area (Å²) in [4.78, 5) is 30.0. The molecule has 3 rings (SSSR count). The van der Waals surface area contributed by atoms with Crippen molar-refractivity contribution in [3.63, 3.8) is 0 Å². The predicted octanol–water partition coefficient (Wildman–Crippen LogP) is 4.25. The van der Waals surface area contributed by atoms with Crippen LogP contribution in [0.25, 0.3) is 21.3 Å². The molecule has 6 nitrogen and oxygen atoms in total. The van der Waals surface area contributed by atoms with Gasteiger partial charge in [0.25, 0.3) is 5.56 Å². The molecule has 0 N–H and O–H groups in total. The maximum absolute atomic E-state index is 13.0. The summed E-state index contributed by atoms with van der Waals surface area (Å²) in [5, 5.41) is 2.43. The summed E-state index contributed by atoms with van der Waals surface area (Å²) in [6, 6.07) is 7.62. The number of hydrogen-bond acceptors (Lipinski definition) is 6. The minimum absolute atomic E-state index is 0.0967. The van der Waals surface area contributed by atoms with Crippen LogP contribution in [-0.4, -0.2) is 27.7 Å². The smallest absolute Gasteiger partial charge is 0.326 e. The number of carbonyl (C=O) groups excluding carboxylic acids is 1. The first-order chi connectivity index (χ1) is 13.4. The summed E-state index contributed by atoms with van der Waals surface area (Å²) in [6.07, 6.45) is 2.05. The molecule has 0 spiro atoms. The molecule has 3 aromatic rings. The van der Waals surface area contributed by atoms with Gasteiger partial charge < -0.3 is 9.47 Å². The lowest BCUT2D eigenvalue weighted by molar-refractivity contribution is -0.149. The van der Waals surface area contributed by atoms with E-state index in [2.05, 4.69) is 4.98 Å². The minimum atomic E-state index is -0.440. The second kappa shape index (κ2) is 8.56. The Morgan fingerprint density at radius 2 is 1.93 bits per heavy atom. The highest BCUT2D eigenvalue weighted by Crippen LogP contribution is 2.31. The second-order valence-electron chi connectivity index (χ2n) is 6.91. The quantitative estimate of drug-likeness (QED) is 0.555.